The molecule has 0 spiro atoms. The maximum absolute atomic E-state index is 4.01. The summed E-state index contributed by atoms with van der Waals surface area (Å²) in [5.74, 6) is 1.06. The summed E-state index contributed by atoms with van der Waals surface area (Å²) in [5.41, 5.74) is 0. The van der Waals surface area contributed by atoms with E-state index in [0.29, 0.717) is 0 Å². The van der Waals surface area contributed by atoms with E-state index >= 15 is 0 Å². The van der Waals surface area contributed by atoms with Crippen LogP contribution in [0, 0.1) is 13.1 Å². The Morgan fingerprint density at radius 2 is 2.50 bits per heavy atom. The normalized spacial score (nSPS) is 10.2. The lowest BCUT2D eigenvalue weighted by Gasteiger charge is -2.01. The molecule has 0 aliphatic heterocycles. The van der Waals surface area contributed by atoms with Gasteiger partial charge in [-0.2, -0.15) is 0 Å². The van der Waals surface area contributed by atoms with Gasteiger partial charge in [-0.1, -0.05) is 13.3 Å². The summed E-state index contributed by atoms with van der Waals surface area (Å²) < 4.78 is 2.13. The first-order chi connectivity index (χ1) is 4.84. The maximum atomic E-state index is 4.01. The Morgan fingerprint density at radius 3 is 3.00 bits per heavy atom. The highest BCUT2D eigenvalue weighted by Gasteiger charge is 1.93. The predicted molar refractivity (Wildman–Crippen MR) is 40.7 cm³/mol. The smallest absolute Gasteiger partial charge is 0.109 e. The minimum atomic E-state index is 1.06. The van der Waals surface area contributed by atoms with E-state index in [4.69, 9.17) is 0 Å². The van der Waals surface area contributed by atoms with Crippen LogP contribution in [0.5, 0.6) is 0 Å². The third kappa shape index (κ3) is 1.59. The Balaban J connectivity index is 2.49. The largest absolute Gasteiger partial charge is 0.334 e. The van der Waals surface area contributed by atoms with Gasteiger partial charge in [0, 0.05) is 12.7 Å². The molecule has 1 aromatic heterocycles. The van der Waals surface area contributed by atoms with Crippen LogP contribution < -0.4 is 0 Å². The average molecular weight is 137 g/mol. The number of rotatable bonds is 3. The molecule has 0 bridgehead atoms. The van der Waals surface area contributed by atoms with Gasteiger partial charge in [-0.15, -0.1) is 0 Å². The van der Waals surface area contributed by atoms with Gasteiger partial charge in [0.25, 0.3) is 0 Å². The number of hydrogen-bond acceptors (Lipinski definition) is 1. The zero-order chi connectivity index (χ0) is 7.40. The fourth-order valence-corrected chi connectivity index (χ4v) is 0.904. The van der Waals surface area contributed by atoms with E-state index in [9.17, 15) is 0 Å². The van der Waals surface area contributed by atoms with Gasteiger partial charge in [-0.25, -0.2) is 4.98 Å². The Hall–Kier alpha value is -0.790. The van der Waals surface area contributed by atoms with Crippen molar-refractivity contribution in [2.75, 3.05) is 0 Å². The summed E-state index contributed by atoms with van der Waals surface area (Å²) in [5, 5.41) is 0. The van der Waals surface area contributed by atoms with E-state index in [1.807, 2.05) is 13.1 Å². The van der Waals surface area contributed by atoms with Crippen molar-refractivity contribution in [1.29, 1.82) is 0 Å². The zero-order valence-electron chi connectivity index (χ0n) is 6.59. The third-order valence-corrected chi connectivity index (χ3v) is 1.61. The number of nitrogens with zero attached hydrogens (tertiary/aromatic N) is 2. The zero-order valence-corrected chi connectivity index (χ0v) is 6.59. The fourth-order valence-electron chi connectivity index (χ4n) is 0.904. The van der Waals surface area contributed by atoms with Gasteiger partial charge in [0.15, 0.2) is 0 Å². The van der Waals surface area contributed by atoms with Crippen LogP contribution >= 0.6 is 0 Å². The number of aryl methyl sites for hydroxylation is 2. The van der Waals surface area contributed by atoms with Crippen molar-refractivity contribution in [3.8, 4) is 0 Å². The molecule has 0 aromatic carbocycles. The highest BCUT2D eigenvalue weighted by Crippen LogP contribution is 1.97. The Labute approximate surface area is 61.9 Å². The van der Waals surface area contributed by atoms with Crippen LogP contribution in [0.25, 0.3) is 0 Å². The molecule has 2 nitrogen and oxygen atoms in total. The molecule has 0 aliphatic carbocycles. The van der Waals surface area contributed by atoms with Crippen LogP contribution in [0.3, 0.4) is 0 Å². The number of aromatic nitrogens is 2. The van der Waals surface area contributed by atoms with Crippen molar-refractivity contribution in [3.63, 3.8) is 0 Å². The molecule has 0 fully saturated rings. The van der Waals surface area contributed by atoms with Crippen molar-refractivity contribution < 1.29 is 0 Å². The molecule has 0 aliphatic rings. The van der Waals surface area contributed by atoms with Crippen molar-refractivity contribution in [2.45, 2.75) is 33.2 Å². The standard InChI is InChI=1S/C8H13N2/c1-3-4-6-10-7-5-9-8(10)2/h7H,3-4,6H2,1-2H3. The molecule has 0 atom stereocenters. The number of hydrogen-bond donors (Lipinski definition) is 0. The first kappa shape index (κ1) is 7.32. The van der Waals surface area contributed by atoms with Crippen LogP contribution in [0.4, 0.5) is 0 Å². The molecule has 0 saturated carbocycles. The van der Waals surface area contributed by atoms with Crippen LogP contribution in [-0.4, -0.2) is 9.55 Å². The summed E-state index contributed by atoms with van der Waals surface area (Å²) in [7, 11) is 0. The molecule has 0 amide bonds. The lowest BCUT2D eigenvalue weighted by atomic mass is 10.3. The first-order valence-electron chi connectivity index (χ1n) is 3.74. The second-order valence-corrected chi connectivity index (χ2v) is 2.46. The van der Waals surface area contributed by atoms with Crippen LogP contribution in [0.2, 0.25) is 0 Å². The van der Waals surface area contributed by atoms with Gasteiger partial charge in [-0.05, 0) is 13.3 Å². The average Bonchev–Trinajstić information content (AvgIpc) is 2.31. The third-order valence-electron chi connectivity index (χ3n) is 1.61. The molecule has 1 aromatic rings. The molecular weight excluding hydrogens is 124 g/mol. The van der Waals surface area contributed by atoms with Crippen molar-refractivity contribution in [2.24, 2.45) is 0 Å². The Bertz CT molecular complexity index is 191. The second kappa shape index (κ2) is 3.40. The molecule has 55 valence electrons. The molecule has 0 saturated heterocycles. The van der Waals surface area contributed by atoms with E-state index < -0.39 is 0 Å². The summed E-state index contributed by atoms with van der Waals surface area (Å²) in [4.78, 5) is 4.01. The highest BCUT2D eigenvalue weighted by atomic mass is 15.0. The van der Waals surface area contributed by atoms with E-state index in [-0.39, 0.29) is 0 Å². The minimum absolute atomic E-state index is 1.06. The molecular formula is C8H13N2. The Morgan fingerprint density at radius 1 is 1.70 bits per heavy atom. The van der Waals surface area contributed by atoms with Gasteiger partial charge in [0.2, 0.25) is 0 Å². The predicted octanol–water partition coefficient (Wildman–Crippen LogP) is 1.79. The van der Waals surface area contributed by atoms with Gasteiger partial charge >= 0.3 is 0 Å². The Kier molecular flexibility index (Phi) is 2.49. The molecule has 1 heterocycles. The molecule has 10 heavy (non-hydrogen) atoms. The minimum Gasteiger partial charge on any atom is -0.334 e. The quantitative estimate of drug-likeness (QED) is 0.621. The summed E-state index contributed by atoms with van der Waals surface area (Å²) in [6.07, 6.45) is 7.19. The fraction of sp³-hybridized carbons (Fsp3) is 0.625. The van der Waals surface area contributed by atoms with Crippen LogP contribution in [-0.2, 0) is 6.54 Å². The van der Waals surface area contributed by atoms with E-state index in [2.05, 4.69) is 22.7 Å². The summed E-state index contributed by atoms with van der Waals surface area (Å²) in [6.45, 7) is 5.28. The maximum Gasteiger partial charge on any atom is 0.109 e. The molecule has 1 radical (unpaired) electrons. The molecule has 1 rings (SSSR count). The van der Waals surface area contributed by atoms with Crippen molar-refractivity contribution >= 4 is 0 Å². The van der Waals surface area contributed by atoms with Crippen LogP contribution in [0.1, 0.15) is 25.6 Å². The first-order valence-corrected chi connectivity index (χ1v) is 3.74. The summed E-state index contributed by atoms with van der Waals surface area (Å²) in [6, 6.07) is 0. The van der Waals surface area contributed by atoms with E-state index in [1.54, 1.807) is 0 Å². The van der Waals surface area contributed by atoms with Gasteiger partial charge in [-0.3, -0.25) is 0 Å². The molecule has 0 N–H and O–H groups in total. The van der Waals surface area contributed by atoms with Crippen molar-refractivity contribution in [1.82, 2.24) is 9.55 Å². The second-order valence-electron chi connectivity index (χ2n) is 2.46. The molecule has 2 heteroatoms. The molecule has 0 unspecified atom stereocenters. The number of unbranched alkanes of at least 4 members (excludes halogenated alkanes) is 1. The van der Waals surface area contributed by atoms with E-state index in [0.717, 1.165) is 12.4 Å². The SMILES string of the molecule is CCCCn1c[c]nc1C. The number of imidazole rings is 1. The van der Waals surface area contributed by atoms with Crippen molar-refractivity contribution in [3.05, 3.63) is 18.2 Å². The monoisotopic (exact) mass is 137 g/mol. The summed E-state index contributed by atoms with van der Waals surface area (Å²) >= 11 is 0. The van der Waals surface area contributed by atoms with Gasteiger partial charge < -0.3 is 4.57 Å². The van der Waals surface area contributed by atoms with Gasteiger partial charge in [0.05, 0.1) is 0 Å². The van der Waals surface area contributed by atoms with Gasteiger partial charge in [0.1, 0.15) is 12.0 Å². The van der Waals surface area contributed by atoms with E-state index in [1.165, 1.54) is 12.8 Å². The lowest BCUT2D eigenvalue weighted by Crippen LogP contribution is -1.97. The van der Waals surface area contributed by atoms with Crippen LogP contribution in [0.15, 0.2) is 6.20 Å². The lowest BCUT2D eigenvalue weighted by molar-refractivity contribution is 0.616. The highest BCUT2D eigenvalue weighted by molar-refractivity contribution is 4.86. The topological polar surface area (TPSA) is 17.8 Å².